The zero-order valence-corrected chi connectivity index (χ0v) is 13.5. The van der Waals surface area contributed by atoms with Crippen molar-refractivity contribution in [1.29, 1.82) is 0 Å². The van der Waals surface area contributed by atoms with E-state index in [9.17, 15) is 0 Å². The van der Waals surface area contributed by atoms with Gasteiger partial charge in [0.25, 0.3) is 0 Å². The molecule has 0 aromatic heterocycles. The Labute approximate surface area is 129 Å². The van der Waals surface area contributed by atoms with E-state index in [-0.39, 0.29) is 0 Å². The molecule has 2 aromatic rings. The highest BCUT2D eigenvalue weighted by Gasteiger charge is 2.23. The second-order valence-corrected chi connectivity index (χ2v) is 5.62. The lowest BCUT2D eigenvalue weighted by Crippen LogP contribution is -2.19. The summed E-state index contributed by atoms with van der Waals surface area (Å²) in [5, 5.41) is 0. The fourth-order valence-electron chi connectivity index (χ4n) is 3.01. The third-order valence-electron chi connectivity index (χ3n) is 4.03. The smallest absolute Gasteiger partial charge is 0.0233 e. The minimum absolute atomic E-state index is 0.712. The molecule has 112 valence electrons. The topological polar surface area (TPSA) is 3.24 Å². The van der Waals surface area contributed by atoms with E-state index < -0.39 is 0 Å². The van der Waals surface area contributed by atoms with Gasteiger partial charge in [0.2, 0.25) is 0 Å². The van der Waals surface area contributed by atoms with Gasteiger partial charge in [-0.2, -0.15) is 0 Å². The van der Waals surface area contributed by atoms with Crippen LogP contribution in [0.25, 0.3) is 0 Å². The Morgan fingerprint density at radius 2 is 1.76 bits per heavy atom. The van der Waals surface area contributed by atoms with Crippen LogP contribution in [0.4, 0.5) is 0 Å². The summed E-state index contributed by atoms with van der Waals surface area (Å²) >= 11 is 0. The Bertz CT molecular complexity index is 533. The van der Waals surface area contributed by atoms with Crippen molar-refractivity contribution >= 4 is 0 Å². The minimum atomic E-state index is 0.712. The molecule has 0 saturated carbocycles. The van der Waals surface area contributed by atoms with Crippen molar-refractivity contribution in [3.63, 3.8) is 0 Å². The first kappa shape index (κ1) is 15.8. The Kier molecular flexibility index (Phi) is 6.01. The number of aryl methyl sites for hydroxylation is 1. The van der Waals surface area contributed by atoms with Gasteiger partial charge in [-0.3, -0.25) is 4.90 Å². The summed E-state index contributed by atoms with van der Waals surface area (Å²) in [5.41, 5.74) is 4.31. The monoisotopic (exact) mass is 281 g/mol. The fraction of sp³-hybridized carbons (Fsp3) is 0.400. The first-order valence-corrected chi connectivity index (χ1v) is 8.14. The lowest BCUT2D eigenvalue weighted by atomic mass is 9.97. The van der Waals surface area contributed by atoms with Crippen LogP contribution in [0.2, 0.25) is 0 Å². The predicted octanol–water partition coefficient (Wildman–Crippen LogP) is 5.01. The van der Waals surface area contributed by atoms with Gasteiger partial charge in [0.1, 0.15) is 0 Å². The standard InChI is InChI=1S/C18H21N.C2H6/c1-15-6-5-9-17(12-15)18-10-11-19(14-18)13-16-7-3-2-4-8-16;1-2/h2-9,12,18H,10-11,13-14H2,1H3;1-2H3. The maximum atomic E-state index is 2.57. The lowest BCUT2D eigenvalue weighted by molar-refractivity contribution is 0.327. The molecule has 1 aliphatic heterocycles. The molecule has 1 heterocycles. The van der Waals surface area contributed by atoms with E-state index in [2.05, 4.69) is 66.4 Å². The number of likely N-dealkylation sites (tertiary alicyclic amines) is 1. The Morgan fingerprint density at radius 3 is 2.48 bits per heavy atom. The molecule has 1 saturated heterocycles. The van der Waals surface area contributed by atoms with Crippen LogP contribution in [0.1, 0.15) is 42.9 Å². The summed E-state index contributed by atoms with van der Waals surface area (Å²) in [7, 11) is 0. The van der Waals surface area contributed by atoms with Crippen LogP contribution in [0.5, 0.6) is 0 Å². The highest BCUT2D eigenvalue weighted by molar-refractivity contribution is 5.26. The molecular formula is C20H27N. The molecule has 0 amide bonds. The first-order chi connectivity index (χ1) is 10.3. The van der Waals surface area contributed by atoms with E-state index in [1.807, 2.05) is 13.8 Å². The minimum Gasteiger partial charge on any atom is -0.298 e. The van der Waals surface area contributed by atoms with Crippen LogP contribution in [-0.4, -0.2) is 18.0 Å². The summed E-state index contributed by atoms with van der Waals surface area (Å²) in [6.45, 7) is 9.68. The van der Waals surface area contributed by atoms with Gasteiger partial charge in [0.15, 0.2) is 0 Å². The fourth-order valence-corrected chi connectivity index (χ4v) is 3.01. The highest BCUT2D eigenvalue weighted by Crippen LogP contribution is 2.28. The maximum absolute atomic E-state index is 2.57. The van der Waals surface area contributed by atoms with E-state index in [1.54, 1.807) is 0 Å². The molecule has 1 aliphatic rings. The average molecular weight is 281 g/mol. The van der Waals surface area contributed by atoms with Crippen LogP contribution in [0, 0.1) is 6.92 Å². The molecule has 1 unspecified atom stereocenters. The van der Waals surface area contributed by atoms with Crippen LogP contribution in [0.15, 0.2) is 54.6 Å². The van der Waals surface area contributed by atoms with Gasteiger partial charge in [-0.15, -0.1) is 0 Å². The highest BCUT2D eigenvalue weighted by atomic mass is 15.1. The van der Waals surface area contributed by atoms with Crippen molar-refractivity contribution in [1.82, 2.24) is 4.90 Å². The summed E-state index contributed by atoms with van der Waals surface area (Å²) < 4.78 is 0. The van der Waals surface area contributed by atoms with Crippen LogP contribution in [-0.2, 0) is 6.54 Å². The summed E-state index contributed by atoms with van der Waals surface area (Å²) in [5.74, 6) is 0.712. The quantitative estimate of drug-likeness (QED) is 0.764. The zero-order chi connectivity index (χ0) is 15.1. The van der Waals surface area contributed by atoms with Crippen molar-refractivity contribution in [3.05, 3.63) is 71.3 Å². The van der Waals surface area contributed by atoms with Gasteiger partial charge >= 0.3 is 0 Å². The molecule has 0 spiro atoms. The number of hydrogen-bond acceptors (Lipinski definition) is 1. The van der Waals surface area contributed by atoms with Gasteiger partial charge < -0.3 is 0 Å². The van der Waals surface area contributed by atoms with E-state index in [1.165, 1.54) is 36.2 Å². The van der Waals surface area contributed by atoms with Crippen molar-refractivity contribution in [2.24, 2.45) is 0 Å². The summed E-state index contributed by atoms with van der Waals surface area (Å²) in [6.07, 6.45) is 1.29. The number of rotatable bonds is 3. The number of benzene rings is 2. The molecule has 0 bridgehead atoms. The molecule has 1 fully saturated rings. The van der Waals surface area contributed by atoms with Gasteiger partial charge in [0, 0.05) is 13.1 Å². The first-order valence-electron chi connectivity index (χ1n) is 8.14. The van der Waals surface area contributed by atoms with Crippen LogP contribution < -0.4 is 0 Å². The van der Waals surface area contributed by atoms with E-state index in [0.717, 1.165) is 6.54 Å². The van der Waals surface area contributed by atoms with Crippen LogP contribution in [0.3, 0.4) is 0 Å². The van der Waals surface area contributed by atoms with E-state index in [0.29, 0.717) is 5.92 Å². The molecule has 0 N–H and O–H groups in total. The third-order valence-corrected chi connectivity index (χ3v) is 4.03. The van der Waals surface area contributed by atoms with Crippen molar-refractivity contribution in [2.75, 3.05) is 13.1 Å². The van der Waals surface area contributed by atoms with Gasteiger partial charge in [-0.25, -0.2) is 0 Å². The average Bonchev–Trinajstić information content (AvgIpc) is 2.99. The molecule has 1 heteroatoms. The van der Waals surface area contributed by atoms with Crippen molar-refractivity contribution in [2.45, 2.75) is 39.7 Å². The normalized spacial score (nSPS) is 18.1. The molecular weight excluding hydrogens is 254 g/mol. The molecule has 21 heavy (non-hydrogen) atoms. The van der Waals surface area contributed by atoms with E-state index in [4.69, 9.17) is 0 Å². The van der Waals surface area contributed by atoms with Gasteiger partial charge in [0.05, 0.1) is 0 Å². The second kappa shape index (κ2) is 7.99. The maximum Gasteiger partial charge on any atom is 0.0233 e. The van der Waals surface area contributed by atoms with Crippen molar-refractivity contribution < 1.29 is 0 Å². The summed E-state index contributed by atoms with van der Waals surface area (Å²) in [6, 6.07) is 19.8. The second-order valence-electron chi connectivity index (χ2n) is 5.62. The zero-order valence-electron chi connectivity index (χ0n) is 13.5. The van der Waals surface area contributed by atoms with E-state index >= 15 is 0 Å². The lowest BCUT2D eigenvalue weighted by Gasteiger charge is -2.16. The largest absolute Gasteiger partial charge is 0.298 e. The van der Waals surface area contributed by atoms with Gasteiger partial charge in [-0.05, 0) is 36.9 Å². The van der Waals surface area contributed by atoms with Crippen LogP contribution >= 0.6 is 0 Å². The van der Waals surface area contributed by atoms with Gasteiger partial charge in [-0.1, -0.05) is 74.0 Å². The third kappa shape index (κ3) is 4.44. The molecule has 0 radical (unpaired) electrons. The Hall–Kier alpha value is -1.60. The predicted molar refractivity (Wildman–Crippen MR) is 91.6 cm³/mol. The summed E-state index contributed by atoms with van der Waals surface area (Å²) in [4.78, 5) is 2.57. The Morgan fingerprint density at radius 1 is 1.00 bits per heavy atom. The van der Waals surface area contributed by atoms with Crippen molar-refractivity contribution in [3.8, 4) is 0 Å². The Balaban J connectivity index is 0.000000774. The molecule has 1 nitrogen and oxygen atoms in total. The SMILES string of the molecule is CC.Cc1cccc(C2CCN(Cc3ccccc3)C2)c1. The number of nitrogens with zero attached hydrogens (tertiary/aromatic N) is 1. The molecule has 3 rings (SSSR count). The molecule has 2 aromatic carbocycles. The molecule has 0 aliphatic carbocycles. The number of hydrogen-bond donors (Lipinski definition) is 0. The molecule has 1 atom stereocenters.